The van der Waals surface area contributed by atoms with Crippen LogP contribution < -0.4 is 4.74 Å². The van der Waals surface area contributed by atoms with E-state index in [0.717, 1.165) is 29.5 Å². The Morgan fingerprint density at radius 1 is 1.45 bits per heavy atom. The first kappa shape index (κ1) is 13.5. The molecular formula is C17H22O3. The van der Waals surface area contributed by atoms with E-state index in [-0.39, 0.29) is 17.6 Å². The number of fused-ring (bicyclic) bond motifs is 4. The first-order valence-corrected chi connectivity index (χ1v) is 7.19. The van der Waals surface area contributed by atoms with E-state index >= 15 is 0 Å². The minimum absolute atomic E-state index is 0.00981. The lowest BCUT2D eigenvalue weighted by Crippen LogP contribution is -2.56. The van der Waals surface area contributed by atoms with E-state index in [4.69, 9.17) is 4.74 Å². The summed E-state index contributed by atoms with van der Waals surface area (Å²) in [5.41, 5.74) is 2.54. The highest BCUT2D eigenvalue weighted by atomic mass is 16.5. The molecule has 2 bridgehead atoms. The van der Waals surface area contributed by atoms with Gasteiger partial charge in [-0.1, -0.05) is 12.2 Å². The van der Waals surface area contributed by atoms with Crippen LogP contribution in [0, 0.1) is 12.8 Å². The van der Waals surface area contributed by atoms with Crippen molar-refractivity contribution in [3.8, 4) is 11.5 Å². The molecule has 1 aromatic carbocycles. The van der Waals surface area contributed by atoms with Gasteiger partial charge < -0.3 is 14.9 Å². The SMILES string of the molecule is C=C(C)[C@H]1CC[C@@]2(C)Oc3cc(O)cc(C)c3[C@@H]1[C@@H]2O. The molecule has 0 aromatic heterocycles. The fourth-order valence-corrected chi connectivity index (χ4v) is 3.90. The van der Waals surface area contributed by atoms with Crippen LogP contribution in [-0.2, 0) is 0 Å². The van der Waals surface area contributed by atoms with Gasteiger partial charge in [0.05, 0.1) is 0 Å². The van der Waals surface area contributed by atoms with E-state index in [2.05, 4.69) is 6.58 Å². The molecule has 4 atom stereocenters. The van der Waals surface area contributed by atoms with Crippen LogP contribution in [0.4, 0.5) is 0 Å². The third kappa shape index (κ3) is 1.76. The summed E-state index contributed by atoms with van der Waals surface area (Å²) >= 11 is 0. The lowest BCUT2D eigenvalue weighted by Gasteiger charge is -2.51. The molecule has 0 saturated heterocycles. The molecule has 1 saturated carbocycles. The van der Waals surface area contributed by atoms with Gasteiger partial charge in [-0.2, -0.15) is 0 Å². The quantitative estimate of drug-likeness (QED) is 0.773. The van der Waals surface area contributed by atoms with Crippen LogP contribution in [0.15, 0.2) is 24.3 Å². The number of aliphatic hydroxyl groups excluding tert-OH is 1. The van der Waals surface area contributed by atoms with Crippen molar-refractivity contribution in [2.75, 3.05) is 0 Å². The van der Waals surface area contributed by atoms with Crippen molar-refractivity contribution in [1.29, 1.82) is 0 Å². The van der Waals surface area contributed by atoms with Gasteiger partial charge in [0.2, 0.25) is 0 Å². The Morgan fingerprint density at radius 3 is 2.80 bits per heavy atom. The summed E-state index contributed by atoms with van der Waals surface area (Å²) < 4.78 is 6.05. The highest BCUT2D eigenvalue weighted by Crippen LogP contribution is 2.54. The van der Waals surface area contributed by atoms with E-state index in [0.29, 0.717) is 5.75 Å². The van der Waals surface area contributed by atoms with Gasteiger partial charge >= 0.3 is 0 Å². The van der Waals surface area contributed by atoms with Crippen LogP contribution in [0.2, 0.25) is 0 Å². The molecule has 1 heterocycles. The predicted octanol–water partition coefficient (Wildman–Crippen LogP) is 3.28. The second-order valence-corrected chi connectivity index (χ2v) is 6.55. The van der Waals surface area contributed by atoms with Gasteiger partial charge in [0, 0.05) is 17.5 Å². The molecule has 3 nitrogen and oxygen atoms in total. The maximum Gasteiger partial charge on any atom is 0.133 e. The maximum absolute atomic E-state index is 10.8. The van der Waals surface area contributed by atoms with Crippen molar-refractivity contribution in [2.45, 2.75) is 51.2 Å². The summed E-state index contributed by atoms with van der Waals surface area (Å²) in [6.45, 7) is 10.1. The maximum atomic E-state index is 10.8. The lowest BCUT2D eigenvalue weighted by atomic mass is 9.63. The number of aliphatic hydroxyl groups is 1. The number of rotatable bonds is 1. The average molecular weight is 274 g/mol. The Labute approximate surface area is 119 Å². The summed E-state index contributed by atoms with van der Waals surface area (Å²) in [5, 5.41) is 20.6. The Hall–Kier alpha value is -1.48. The topological polar surface area (TPSA) is 49.7 Å². The van der Waals surface area contributed by atoms with Gasteiger partial charge in [0.1, 0.15) is 23.2 Å². The van der Waals surface area contributed by atoms with Crippen molar-refractivity contribution in [1.82, 2.24) is 0 Å². The Kier molecular flexibility index (Phi) is 2.87. The average Bonchev–Trinajstić information content (AvgIpc) is 2.31. The van der Waals surface area contributed by atoms with Gasteiger partial charge in [0.25, 0.3) is 0 Å². The summed E-state index contributed by atoms with van der Waals surface area (Å²) in [6, 6.07) is 3.40. The molecule has 108 valence electrons. The first-order chi connectivity index (χ1) is 9.33. The molecule has 0 amide bonds. The fourth-order valence-electron chi connectivity index (χ4n) is 3.90. The van der Waals surface area contributed by atoms with Crippen LogP contribution in [0.5, 0.6) is 11.5 Å². The van der Waals surface area contributed by atoms with Crippen LogP contribution in [0.1, 0.15) is 43.7 Å². The largest absolute Gasteiger partial charge is 0.508 e. The van der Waals surface area contributed by atoms with E-state index in [1.54, 1.807) is 12.1 Å². The lowest BCUT2D eigenvalue weighted by molar-refractivity contribution is -0.106. The molecular weight excluding hydrogens is 252 g/mol. The van der Waals surface area contributed by atoms with Gasteiger partial charge in [-0.3, -0.25) is 0 Å². The van der Waals surface area contributed by atoms with E-state index in [1.807, 2.05) is 20.8 Å². The zero-order chi connectivity index (χ0) is 14.7. The summed E-state index contributed by atoms with van der Waals surface area (Å²) in [4.78, 5) is 0. The Bertz CT molecular complexity index is 578. The number of aromatic hydroxyl groups is 1. The minimum atomic E-state index is -0.566. The zero-order valence-electron chi connectivity index (χ0n) is 12.3. The Morgan fingerprint density at radius 2 is 2.15 bits per heavy atom. The zero-order valence-corrected chi connectivity index (χ0v) is 12.3. The van der Waals surface area contributed by atoms with E-state index in [9.17, 15) is 10.2 Å². The number of hydrogen-bond donors (Lipinski definition) is 2. The third-order valence-corrected chi connectivity index (χ3v) is 4.99. The molecule has 3 heteroatoms. The summed E-state index contributed by atoms with van der Waals surface area (Å²) in [6.07, 6.45) is 1.25. The number of ether oxygens (including phenoxy) is 1. The molecule has 2 aliphatic rings. The number of phenols is 1. The molecule has 1 aliphatic heterocycles. The van der Waals surface area contributed by atoms with Crippen molar-refractivity contribution >= 4 is 0 Å². The third-order valence-electron chi connectivity index (χ3n) is 4.99. The van der Waals surface area contributed by atoms with E-state index in [1.165, 1.54) is 0 Å². The standard InChI is InChI=1S/C17H22O3/c1-9(2)12-5-6-17(4)16(19)15(12)14-10(3)7-11(18)8-13(14)20-17/h7-8,12,15-16,18-19H,1,5-6H2,2-4H3/t12-,15-,16+,17-/m1/s1. The monoisotopic (exact) mass is 274 g/mol. The number of benzene rings is 1. The number of hydrogen-bond acceptors (Lipinski definition) is 3. The molecule has 0 unspecified atom stereocenters. The second-order valence-electron chi connectivity index (χ2n) is 6.55. The number of allylic oxidation sites excluding steroid dienone is 1. The van der Waals surface area contributed by atoms with Gasteiger partial charge in [-0.15, -0.1) is 0 Å². The molecule has 1 fully saturated rings. The van der Waals surface area contributed by atoms with Crippen LogP contribution in [0.3, 0.4) is 0 Å². The minimum Gasteiger partial charge on any atom is -0.508 e. The van der Waals surface area contributed by atoms with Gasteiger partial charge in [-0.25, -0.2) is 0 Å². The molecule has 1 aliphatic carbocycles. The van der Waals surface area contributed by atoms with Crippen LogP contribution >= 0.6 is 0 Å². The molecule has 1 aromatic rings. The summed E-state index contributed by atoms with van der Waals surface area (Å²) in [5.74, 6) is 1.21. The van der Waals surface area contributed by atoms with Gasteiger partial charge in [-0.05, 0) is 51.2 Å². The predicted molar refractivity (Wildman–Crippen MR) is 78.2 cm³/mol. The molecule has 20 heavy (non-hydrogen) atoms. The summed E-state index contributed by atoms with van der Waals surface area (Å²) in [7, 11) is 0. The highest BCUT2D eigenvalue weighted by Gasteiger charge is 2.52. The van der Waals surface area contributed by atoms with Crippen molar-refractivity contribution in [2.24, 2.45) is 5.92 Å². The molecule has 2 N–H and O–H groups in total. The number of aryl methyl sites for hydroxylation is 1. The van der Waals surface area contributed by atoms with Gasteiger partial charge in [0.15, 0.2) is 0 Å². The Balaban J connectivity index is 2.21. The second kappa shape index (κ2) is 4.26. The smallest absolute Gasteiger partial charge is 0.133 e. The molecule has 0 radical (unpaired) electrons. The fraction of sp³-hybridized carbons (Fsp3) is 0.529. The normalized spacial score (nSPS) is 35.1. The van der Waals surface area contributed by atoms with Crippen LogP contribution in [0.25, 0.3) is 0 Å². The first-order valence-electron chi connectivity index (χ1n) is 7.19. The van der Waals surface area contributed by atoms with Crippen molar-refractivity contribution < 1.29 is 14.9 Å². The highest BCUT2D eigenvalue weighted by molar-refractivity contribution is 5.51. The molecule has 3 rings (SSSR count). The molecule has 0 spiro atoms. The van der Waals surface area contributed by atoms with E-state index < -0.39 is 11.7 Å². The number of phenolic OH excluding ortho intramolecular Hbond substituents is 1. The van der Waals surface area contributed by atoms with Crippen LogP contribution in [-0.4, -0.2) is 21.9 Å². The van der Waals surface area contributed by atoms with Crippen molar-refractivity contribution in [3.05, 3.63) is 35.4 Å². The van der Waals surface area contributed by atoms with Crippen molar-refractivity contribution in [3.63, 3.8) is 0 Å².